The number of hydrogen-bond donors (Lipinski definition) is 3. The molecule has 0 heterocycles. The Morgan fingerprint density at radius 1 is 1.82 bits per heavy atom. The Hall–Kier alpha value is -0.770. The van der Waals surface area contributed by atoms with Crippen LogP contribution in [-0.4, -0.2) is 23.6 Å². The molecule has 4 nitrogen and oxygen atoms in total. The summed E-state index contributed by atoms with van der Waals surface area (Å²) in [6.07, 6.45) is 2.53. The van der Waals surface area contributed by atoms with Crippen LogP contribution in [0.3, 0.4) is 0 Å². The van der Waals surface area contributed by atoms with Gasteiger partial charge in [0, 0.05) is 18.5 Å². The second kappa shape index (κ2) is 3.57. The van der Waals surface area contributed by atoms with E-state index in [1.165, 1.54) is 12.8 Å². The van der Waals surface area contributed by atoms with E-state index in [-0.39, 0.29) is 5.92 Å². The highest BCUT2D eigenvalue weighted by molar-refractivity contribution is 5.82. The predicted molar refractivity (Wildman–Crippen MR) is 43.6 cm³/mol. The van der Waals surface area contributed by atoms with Crippen LogP contribution >= 0.6 is 0 Å². The van der Waals surface area contributed by atoms with E-state index in [9.17, 15) is 0 Å². The predicted octanol–water partition coefficient (Wildman–Crippen LogP) is 0.121. The summed E-state index contributed by atoms with van der Waals surface area (Å²) in [6, 6.07) is 0.684. The Bertz CT molecular complexity index is 154. The van der Waals surface area contributed by atoms with Crippen molar-refractivity contribution in [2.45, 2.75) is 25.8 Å². The first-order valence-electron chi connectivity index (χ1n) is 3.95. The maximum absolute atomic E-state index is 8.32. The fourth-order valence-corrected chi connectivity index (χ4v) is 0.834. The molecular formula is C7H15N3O. The zero-order valence-electron chi connectivity index (χ0n) is 6.75. The van der Waals surface area contributed by atoms with Crippen LogP contribution in [0.1, 0.15) is 19.8 Å². The summed E-state index contributed by atoms with van der Waals surface area (Å²) in [5.41, 5.74) is 5.38. The van der Waals surface area contributed by atoms with E-state index in [2.05, 4.69) is 10.5 Å². The number of nitrogens with two attached hydrogens (primary N) is 1. The van der Waals surface area contributed by atoms with Gasteiger partial charge in [-0.25, -0.2) is 0 Å². The van der Waals surface area contributed by atoms with Gasteiger partial charge in [0.25, 0.3) is 0 Å². The molecule has 0 bridgehead atoms. The summed E-state index contributed by atoms with van der Waals surface area (Å²) in [4.78, 5) is 0. The van der Waals surface area contributed by atoms with Gasteiger partial charge in [-0.15, -0.1) is 0 Å². The van der Waals surface area contributed by atoms with E-state index < -0.39 is 0 Å². The van der Waals surface area contributed by atoms with Gasteiger partial charge in [-0.2, -0.15) is 0 Å². The van der Waals surface area contributed by atoms with Crippen LogP contribution in [-0.2, 0) is 0 Å². The molecule has 1 aliphatic carbocycles. The first-order chi connectivity index (χ1) is 5.24. The van der Waals surface area contributed by atoms with Crippen LogP contribution in [0.2, 0.25) is 0 Å². The Morgan fingerprint density at radius 2 is 2.45 bits per heavy atom. The summed E-state index contributed by atoms with van der Waals surface area (Å²) in [5, 5.41) is 14.6. The van der Waals surface area contributed by atoms with Crippen molar-refractivity contribution >= 4 is 5.84 Å². The molecule has 64 valence electrons. The van der Waals surface area contributed by atoms with Crippen molar-refractivity contribution in [1.82, 2.24) is 5.32 Å². The van der Waals surface area contributed by atoms with E-state index in [4.69, 9.17) is 10.9 Å². The van der Waals surface area contributed by atoms with Crippen molar-refractivity contribution in [3.8, 4) is 0 Å². The number of amidine groups is 1. The molecule has 1 rings (SSSR count). The van der Waals surface area contributed by atoms with Gasteiger partial charge in [-0.05, 0) is 12.8 Å². The van der Waals surface area contributed by atoms with Crippen LogP contribution in [0.5, 0.6) is 0 Å². The normalized spacial score (nSPS) is 21.7. The number of nitrogens with zero attached hydrogens (tertiary/aromatic N) is 1. The smallest absolute Gasteiger partial charge is 0.143 e. The number of nitrogens with one attached hydrogen (secondary N) is 1. The molecule has 1 fully saturated rings. The number of rotatable bonds is 4. The first-order valence-corrected chi connectivity index (χ1v) is 3.95. The van der Waals surface area contributed by atoms with Crippen LogP contribution in [0.4, 0.5) is 0 Å². The summed E-state index contributed by atoms with van der Waals surface area (Å²) in [5.74, 6) is 0.429. The van der Waals surface area contributed by atoms with Gasteiger partial charge in [0.05, 0.1) is 0 Å². The van der Waals surface area contributed by atoms with Crippen LogP contribution in [0.25, 0.3) is 0 Å². The summed E-state index contributed by atoms with van der Waals surface area (Å²) < 4.78 is 0. The van der Waals surface area contributed by atoms with Crippen LogP contribution < -0.4 is 11.1 Å². The van der Waals surface area contributed by atoms with Gasteiger partial charge in [0.15, 0.2) is 0 Å². The molecule has 0 saturated heterocycles. The monoisotopic (exact) mass is 157 g/mol. The van der Waals surface area contributed by atoms with Crippen molar-refractivity contribution < 1.29 is 5.21 Å². The van der Waals surface area contributed by atoms with Crippen LogP contribution in [0, 0.1) is 5.92 Å². The summed E-state index contributed by atoms with van der Waals surface area (Å²) in [7, 11) is 0. The molecule has 0 aromatic heterocycles. The Morgan fingerprint density at radius 3 is 2.91 bits per heavy atom. The molecular weight excluding hydrogens is 142 g/mol. The lowest BCUT2D eigenvalue weighted by Crippen LogP contribution is -2.32. The van der Waals surface area contributed by atoms with Crippen LogP contribution in [0.15, 0.2) is 5.16 Å². The second-order valence-electron chi connectivity index (χ2n) is 3.11. The van der Waals surface area contributed by atoms with E-state index in [0.717, 1.165) is 6.54 Å². The van der Waals surface area contributed by atoms with E-state index in [1.807, 2.05) is 6.92 Å². The van der Waals surface area contributed by atoms with Gasteiger partial charge < -0.3 is 16.3 Å². The van der Waals surface area contributed by atoms with Gasteiger partial charge >= 0.3 is 0 Å². The lowest BCUT2D eigenvalue weighted by Gasteiger charge is -2.09. The van der Waals surface area contributed by atoms with E-state index >= 15 is 0 Å². The molecule has 1 aliphatic rings. The Balaban J connectivity index is 2.13. The molecule has 0 spiro atoms. The topological polar surface area (TPSA) is 70.6 Å². The molecule has 0 aromatic rings. The largest absolute Gasteiger partial charge is 0.409 e. The second-order valence-corrected chi connectivity index (χ2v) is 3.11. The molecule has 1 saturated carbocycles. The molecule has 4 N–H and O–H groups in total. The quantitative estimate of drug-likeness (QED) is 0.235. The molecule has 0 amide bonds. The highest BCUT2D eigenvalue weighted by atomic mass is 16.4. The lowest BCUT2D eigenvalue weighted by atomic mass is 10.1. The fraction of sp³-hybridized carbons (Fsp3) is 0.857. The molecule has 0 aliphatic heterocycles. The number of oxime groups is 1. The first kappa shape index (κ1) is 8.33. The van der Waals surface area contributed by atoms with E-state index in [0.29, 0.717) is 11.9 Å². The van der Waals surface area contributed by atoms with Gasteiger partial charge in [-0.3, -0.25) is 0 Å². The third kappa shape index (κ3) is 2.76. The maximum atomic E-state index is 8.32. The maximum Gasteiger partial charge on any atom is 0.143 e. The van der Waals surface area contributed by atoms with E-state index in [1.54, 1.807) is 0 Å². The molecule has 1 unspecified atom stereocenters. The van der Waals surface area contributed by atoms with Crippen molar-refractivity contribution in [2.75, 3.05) is 6.54 Å². The molecule has 0 aromatic carbocycles. The zero-order valence-corrected chi connectivity index (χ0v) is 6.75. The lowest BCUT2D eigenvalue weighted by molar-refractivity contribution is 0.314. The fourth-order valence-electron chi connectivity index (χ4n) is 0.834. The van der Waals surface area contributed by atoms with Crippen molar-refractivity contribution in [1.29, 1.82) is 0 Å². The highest BCUT2D eigenvalue weighted by Crippen LogP contribution is 2.18. The minimum absolute atomic E-state index is 0.126. The van der Waals surface area contributed by atoms with Gasteiger partial charge in [0.1, 0.15) is 5.84 Å². The molecule has 0 radical (unpaired) electrons. The Kier molecular flexibility index (Phi) is 2.70. The standard InChI is InChI=1S/C7H15N3O/c1-5(7(8)10-11)4-9-6-2-3-6/h5-6,9,11H,2-4H2,1H3,(H2,8,10). The molecule has 4 heteroatoms. The summed E-state index contributed by atoms with van der Waals surface area (Å²) >= 11 is 0. The molecule has 11 heavy (non-hydrogen) atoms. The average Bonchev–Trinajstić information content (AvgIpc) is 2.81. The van der Waals surface area contributed by atoms with Crippen molar-refractivity contribution in [2.24, 2.45) is 16.8 Å². The number of hydrogen-bond acceptors (Lipinski definition) is 3. The average molecular weight is 157 g/mol. The minimum Gasteiger partial charge on any atom is -0.409 e. The third-order valence-corrected chi connectivity index (χ3v) is 1.91. The third-order valence-electron chi connectivity index (χ3n) is 1.91. The summed E-state index contributed by atoms with van der Waals surface area (Å²) in [6.45, 7) is 2.74. The van der Waals surface area contributed by atoms with Crippen molar-refractivity contribution in [3.05, 3.63) is 0 Å². The zero-order chi connectivity index (χ0) is 8.27. The SMILES string of the molecule is CC(CNC1CC1)C(N)=NO. The van der Waals surface area contributed by atoms with Crippen molar-refractivity contribution in [3.63, 3.8) is 0 Å². The minimum atomic E-state index is 0.126. The Labute approximate surface area is 66.5 Å². The van der Waals surface area contributed by atoms with Gasteiger partial charge in [-0.1, -0.05) is 12.1 Å². The highest BCUT2D eigenvalue weighted by Gasteiger charge is 2.21. The molecule has 1 atom stereocenters. The van der Waals surface area contributed by atoms with Gasteiger partial charge in [0.2, 0.25) is 0 Å².